The molecule has 2 N–H and O–H groups in total. The summed E-state index contributed by atoms with van der Waals surface area (Å²) in [4.78, 5) is 5.51. The number of thiophene rings is 1. The van der Waals surface area contributed by atoms with Gasteiger partial charge < -0.3 is 10.5 Å². The second kappa shape index (κ2) is 7.61. The van der Waals surface area contributed by atoms with Gasteiger partial charge in [-0.3, -0.25) is 9.67 Å². The lowest BCUT2D eigenvalue weighted by Gasteiger charge is -2.07. The number of aromatic nitrogens is 3. The summed E-state index contributed by atoms with van der Waals surface area (Å²) in [7, 11) is 0. The van der Waals surface area contributed by atoms with E-state index in [0.29, 0.717) is 11.4 Å². The molecule has 148 valence electrons. The van der Waals surface area contributed by atoms with E-state index >= 15 is 0 Å². The molecule has 0 amide bonds. The van der Waals surface area contributed by atoms with Crippen molar-refractivity contribution in [2.45, 2.75) is 6.54 Å². The number of anilines is 1. The van der Waals surface area contributed by atoms with Gasteiger partial charge in [0.15, 0.2) is 11.6 Å². The first-order valence-electron chi connectivity index (χ1n) is 9.34. The number of hydrogen-bond acceptors (Lipinski definition) is 5. The number of halogens is 1. The summed E-state index contributed by atoms with van der Waals surface area (Å²) in [5.41, 5.74) is 9.04. The van der Waals surface area contributed by atoms with Crippen molar-refractivity contribution in [1.82, 2.24) is 14.8 Å². The average Bonchev–Trinajstić information content (AvgIpc) is 3.41. The Balaban J connectivity index is 1.44. The van der Waals surface area contributed by atoms with E-state index in [0.717, 1.165) is 27.2 Å². The van der Waals surface area contributed by atoms with Crippen LogP contribution in [0.5, 0.6) is 11.5 Å². The lowest BCUT2D eigenvalue weighted by Crippen LogP contribution is -1.99. The maximum Gasteiger partial charge on any atom is 0.167 e. The minimum atomic E-state index is -0.496. The van der Waals surface area contributed by atoms with Gasteiger partial charge in [-0.05, 0) is 35.4 Å². The Bertz CT molecular complexity index is 1310. The van der Waals surface area contributed by atoms with Gasteiger partial charge in [0, 0.05) is 41.3 Å². The summed E-state index contributed by atoms with van der Waals surface area (Å²) in [6, 6.07) is 18.4. The van der Waals surface area contributed by atoms with Crippen LogP contribution < -0.4 is 10.5 Å². The number of nitrogens with zero attached hydrogens (tertiary/aromatic N) is 3. The number of nitrogen functional groups attached to an aromatic ring is 1. The predicted molar refractivity (Wildman–Crippen MR) is 117 cm³/mol. The SMILES string of the molecule is Nc1ccc(Oc2ccnc3cc(-c4ccc(Cn5cccn5)cc4)sc23)c(F)c1. The highest BCUT2D eigenvalue weighted by atomic mass is 32.1. The molecule has 0 aliphatic heterocycles. The predicted octanol–water partition coefficient (Wildman–Crippen LogP) is 5.72. The molecule has 5 nitrogen and oxygen atoms in total. The van der Waals surface area contributed by atoms with Crippen LogP contribution in [0.1, 0.15) is 5.56 Å². The molecule has 0 spiro atoms. The smallest absolute Gasteiger partial charge is 0.167 e. The zero-order chi connectivity index (χ0) is 20.5. The fraction of sp³-hybridized carbons (Fsp3) is 0.0435. The van der Waals surface area contributed by atoms with Crippen molar-refractivity contribution in [2.75, 3.05) is 5.73 Å². The van der Waals surface area contributed by atoms with Crippen LogP contribution in [0.3, 0.4) is 0 Å². The quantitative estimate of drug-likeness (QED) is 0.372. The lowest BCUT2D eigenvalue weighted by molar-refractivity contribution is 0.447. The van der Waals surface area contributed by atoms with Gasteiger partial charge in [-0.1, -0.05) is 24.3 Å². The summed E-state index contributed by atoms with van der Waals surface area (Å²) in [5, 5.41) is 4.24. The standard InChI is InChI=1S/C23H17FN4OS/c24-18-12-17(25)6-7-20(18)29-21-8-10-26-19-13-22(30-23(19)21)16-4-2-15(3-5-16)14-28-11-1-9-27-28/h1-13H,14,25H2. The molecule has 0 bridgehead atoms. The number of hydrogen-bond donors (Lipinski definition) is 1. The highest BCUT2D eigenvalue weighted by Gasteiger charge is 2.13. The van der Waals surface area contributed by atoms with Crippen molar-refractivity contribution in [2.24, 2.45) is 0 Å². The van der Waals surface area contributed by atoms with Crippen LogP contribution >= 0.6 is 11.3 Å². The van der Waals surface area contributed by atoms with Crippen LogP contribution in [0.15, 0.2) is 79.3 Å². The van der Waals surface area contributed by atoms with Crippen molar-refractivity contribution in [1.29, 1.82) is 0 Å². The molecule has 0 saturated heterocycles. The Morgan fingerprint density at radius 1 is 1.00 bits per heavy atom. The summed E-state index contributed by atoms with van der Waals surface area (Å²) >= 11 is 1.56. The Hall–Kier alpha value is -3.71. The van der Waals surface area contributed by atoms with Gasteiger partial charge in [0.05, 0.1) is 16.8 Å². The highest BCUT2D eigenvalue weighted by molar-refractivity contribution is 7.22. The topological polar surface area (TPSA) is 66.0 Å². The van der Waals surface area contributed by atoms with Crippen LogP contribution in [0, 0.1) is 5.82 Å². The third-order valence-electron chi connectivity index (χ3n) is 4.69. The molecule has 3 heterocycles. The molecule has 0 atom stereocenters. The van der Waals surface area contributed by atoms with Gasteiger partial charge in [-0.2, -0.15) is 5.10 Å². The van der Waals surface area contributed by atoms with E-state index in [1.165, 1.54) is 17.7 Å². The maximum atomic E-state index is 14.2. The fourth-order valence-corrected chi connectivity index (χ4v) is 4.28. The summed E-state index contributed by atoms with van der Waals surface area (Å²) in [6.07, 6.45) is 5.38. The Morgan fingerprint density at radius 2 is 1.87 bits per heavy atom. The molecule has 30 heavy (non-hydrogen) atoms. The largest absolute Gasteiger partial charge is 0.453 e. The third kappa shape index (κ3) is 3.62. The summed E-state index contributed by atoms with van der Waals surface area (Å²) < 4.78 is 22.7. The second-order valence-corrected chi connectivity index (χ2v) is 7.88. The van der Waals surface area contributed by atoms with Crippen LogP contribution in [0.2, 0.25) is 0 Å². The number of benzene rings is 2. The molecule has 7 heteroatoms. The molecule has 0 unspecified atom stereocenters. The van der Waals surface area contributed by atoms with Crippen LogP contribution in [-0.4, -0.2) is 14.8 Å². The maximum absolute atomic E-state index is 14.2. The molecule has 2 aromatic carbocycles. The molecular formula is C23H17FN4OS. The number of pyridine rings is 1. The van der Waals surface area contributed by atoms with Gasteiger partial charge in [-0.15, -0.1) is 11.3 Å². The Morgan fingerprint density at radius 3 is 2.63 bits per heavy atom. The third-order valence-corrected chi connectivity index (χ3v) is 5.88. The zero-order valence-corrected chi connectivity index (χ0v) is 16.6. The first kappa shape index (κ1) is 18.3. The molecule has 3 aromatic heterocycles. The normalized spacial score (nSPS) is 11.1. The van der Waals surface area contributed by atoms with Gasteiger partial charge in [0.2, 0.25) is 0 Å². The molecular weight excluding hydrogens is 399 g/mol. The average molecular weight is 416 g/mol. The monoisotopic (exact) mass is 416 g/mol. The molecule has 5 rings (SSSR count). The van der Waals surface area contributed by atoms with E-state index in [1.54, 1.807) is 35.9 Å². The number of nitrogens with two attached hydrogens (primary N) is 1. The van der Waals surface area contributed by atoms with Gasteiger partial charge in [-0.25, -0.2) is 4.39 Å². The van der Waals surface area contributed by atoms with Gasteiger partial charge >= 0.3 is 0 Å². The van der Waals surface area contributed by atoms with Crippen molar-refractivity contribution in [3.8, 4) is 21.9 Å². The molecule has 0 fully saturated rings. The van der Waals surface area contributed by atoms with E-state index in [1.807, 2.05) is 23.0 Å². The van der Waals surface area contributed by atoms with Crippen molar-refractivity contribution in [3.63, 3.8) is 0 Å². The fourth-order valence-electron chi connectivity index (χ4n) is 3.21. The van der Waals surface area contributed by atoms with E-state index < -0.39 is 5.82 Å². The Labute approximate surface area is 176 Å². The van der Waals surface area contributed by atoms with Crippen molar-refractivity contribution < 1.29 is 9.13 Å². The second-order valence-electron chi connectivity index (χ2n) is 6.83. The zero-order valence-electron chi connectivity index (χ0n) is 15.8. The first-order valence-corrected chi connectivity index (χ1v) is 10.2. The number of ether oxygens (including phenoxy) is 1. The first-order chi connectivity index (χ1) is 14.7. The van der Waals surface area contributed by atoms with E-state index in [2.05, 4.69) is 34.3 Å². The van der Waals surface area contributed by atoms with Crippen molar-refractivity contribution >= 4 is 27.2 Å². The van der Waals surface area contributed by atoms with Crippen LogP contribution in [-0.2, 0) is 6.54 Å². The molecule has 0 aliphatic carbocycles. The van der Waals surface area contributed by atoms with E-state index in [-0.39, 0.29) is 5.75 Å². The van der Waals surface area contributed by atoms with E-state index in [4.69, 9.17) is 10.5 Å². The summed E-state index contributed by atoms with van der Waals surface area (Å²) in [5.74, 6) is 0.203. The van der Waals surface area contributed by atoms with Gasteiger partial charge in [0.25, 0.3) is 0 Å². The minimum absolute atomic E-state index is 0.134. The van der Waals surface area contributed by atoms with E-state index in [9.17, 15) is 4.39 Å². The van der Waals surface area contributed by atoms with Gasteiger partial charge in [0.1, 0.15) is 5.75 Å². The molecule has 0 aliphatic rings. The number of rotatable bonds is 5. The Kier molecular flexibility index (Phi) is 4.65. The molecule has 0 radical (unpaired) electrons. The van der Waals surface area contributed by atoms with Crippen LogP contribution in [0.4, 0.5) is 10.1 Å². The molecule has 5 aromatic rings. The lowest BCUT2D eigenvalue weighted by atomic mass is 10.1. The van der Waals surface area contributed by atoms with Crippen molar-refractivity contribution in [3.05, 3.63) is 90.6 Å². The van der Waals surface area contributed by atoms with Crippen LogP contribution in [0.25, 0.3) is 20.7 Å². The molecule has 0 saturated carbocycles. The highest BCUT2D eigenvalue weighted by Crippen LogP contribution is 2.39. The summed E-state index contributed by atoms with van der Waals surface area (Å²) in [6.45, 7) is 0.729. The number of fused-ring (bicyclic) bond motifs is 1. The minimum Gasteiger partial charge on any atom is -0.453 e.